The van der Waals surface area contributed by atoms with Crippen molar-refractivity contribution in [1.29, 1.82) is 0 Å². The number of carbonyl (C=O) groups is 2. The van der Waals surface area contributed by atoms with Crippen LogP contribution in [0.25, 0.3) is 10.2 Å². The zero-order chi connectivity index (χ0) is 16.4. The number of imide groups is 1. The first-order valence-corrected chi connectivity index (χ1v) is 8.49. The highest BCUT2D eigenvalue weighted by atomic mass is 32.1. The molecule has 2 N–H and O–H groups in total. The highest BCUT2D eigenvalue weighted by molar-refractivity contribution is 7.18. The van der Waals surface area contributed by atoms with Gasteiger partial charge in [0.2, 0.25) is 5.91 Å². The van der Waals surface area contributed by atoms with Gasteiger partial charge in [-0.05, 0) is 38.2 Å². The molecule has 2 aromatic heterocycles. The summed E-state index contributed by atoms with van der Waals surface area (Å²) in [5.74, 6) is -0.539. The normalized spacial score (nSPS) is 13.6. The van der Waals surface area contributed by atoms with Crippen molar-refractivity contribution in [2.75, 3.05) is 6.54 Å². The number of nitrogens with zero attached hydrogens (tertiary/aromatic N) is 2. The number of hydrogen-bond donors (Lipinski definition) is 2. The molecule has 0 saturated heterocycles. The zero-order valence-corrected chi connectivity index (χ0v) is 13.7. The van der Waals surface area contributed by atoms with Gasteiger partial charge in [-0.3, -0.25) is 19.5 Å². The van der Waals surface area contributed by atoms with Gasteiger partial charge in [0, 0.05) is 11.4 Å². The van der Waals surface area contributed by atoms with E-state index in [0.29, 0.717) is 11.9 Å². The third-order valence-electron chi connectivity index (χ3n) is 3.85. The Morgan fingerprint density at radius 1 is 1.35 bits per heavy atom. The maximum atomic E-state index is 12.7. The Morgan fingerprint density at radius 2 is 2.13 bits per heavy atom. The van der Waals surface area contributed by atoms with E-state index < -0.39 is 11.9 Å². The van der Waals surface area contributed by atoms with Crippen LogP contribution < -0.4 is 16.2 Å². The van der Waals surface area contributed by atoms with E-state index in [1.807, 2.05) is 0 Å². The van der Waals surface area contributed by atoms with Crippen LogP contribution in [-0.2, 0) is 24.2 Å². The van der Waals surface area contributed by atoms with Crippen LogP contribution in [0.2, 0.25) is 0 Å². The minimum absolute atomic E-state index is 0.208. The van der Waals surface area contributed by atoms with E-state index in [9.17, 15) is 14.4 Å². The molecule has 0 saturated carbocycles. The SMILES string of the molecule is CCNC(=O)NC(=O)Cn1cnc2sc3c(c2c1=O)CCCC3. The zero-order valence-electron chi connectivity index (χ0n) is 12.8. The summed E-state index contributed by atoms with van der Waals surface area (Å²) in [5.41, 5.74) is 0.882. The molecular formula is C15H18N4O3S. The Bertz CT molecular complexity index is 824. The number of thiophene rings is 1. The number of aryl methyl sites for hydroxylation is 2. The van der Waals surface area contributed by atoms with Gasteiger partial charge in [-0.15, -0.1) is 11.3 Å². The Morgan fingerprint density at radius 3 is 2.91 bits per heavy atom. The van der Waals surface area contributed by atoms with Crippen LogP contribution in [0.5, 0.6) is 0 Å². The first-order chi connectivity index (χ1) is 11.1. The average molecular weight is 334 g/mol. The Hall–Kier alpha value is -2.22. The summed E-state index contributed by atoms with van der Waals surface area (Å²) < 4.78 is 1.26. The lowest BCUT2D eigenvalue weighted by atomic mass is 9.97. The molecule has 2 heterocycles. The number of fused-ring (bicyclic) bond motifs is 3. The van der Waals surface area contributed by atoms with Crippen molar-refractivity contribution in [3.05, 3.63) is 27.1 Å². The molecule has 0 unspecified atom stereocenters. The number of urea groups is 1. The molecule has 2 aromatic rings. The van der Waals surface area contributed by atoms with Crippen LogP contribution in [-0.4, -0.2) is 28.0 Å². The van der Waals surface area contributed by atoms with E-state index in [0.717, 1.165) is 36.1 Å². The minimum atomic E-state index is -0.563. The van der Waals surface area contributed by atoms with E-state index in [4.69, 9.17) is 0 Å². The summed E-state index contributed by atoms with van der Waals surface area (Å²) in [5, 5.41) is 5.29. The van der Waals surface area contributed by atoms with Crippen molar-refractivity contribution in [3.63, 3.8) is 0 Å². The van der Waals surface area contributed by atoms with Crippen LogP contribution in [0.3, 0.4) is 0 Å². The number of rotatable bonds is 3. The summed E-state index contributed by atoms with van der Waals surface area (Å²) >= 11 is 1.57. The van der Waals surface area contributed by atoms with Gasteiger partial charge in [0.15, 0.2) is 0 Å². The minimum Gasteiger partial charge on any atom is -0.338 e. The summed E-state index contributed by atoms with van der Waals surface area (Å²) in [6, 6.07) is -0.563. The number of hydrogen-bond acceptors (Lipinski definition) is 5. The Balaban J connectivity index is 1.87. The van der Waals surface area contributed by atoms with Gasteiger partial charge in [0.25, 0.3) is 5.56 Å². The van der Waals surface area contributed by atoms with Crippen molar-refractivity contribution in [3.8, 4) is 0 Å². The van der Waals surface area contributed by atoms with E-state index in [1.54, 1.807) is 18.3 Å². The lowest BCUT2D eigenvalue weighted by molar-refractivity contribution is -0.120. The highest BCUT2D eigenvalue weighted by Gasteiger charge is 2.20. The third kappa shape index (κ3) is 3.12. The lowest BCUT2D eigenvalue weighted by Crippen LogP contribution is -2.42. The van der Waals surface area contributed by atoms with E-state index in [1.165, 1.54) is 15.8 Å². The molecule has 0 radical (unpaired) electrons. The molecule has 3 rings (SSSR count). The van der Waals surface area contributed by atoms with Crippen molar-refractivity contribution in [2.45, 2.75) is 39.2 Å². The number of aromatic nitrogens is 2. The highest BCUT2D eigenvalue weighted by Crippen LogP contribution is 2.33. The van der Waals surface area contributed by atoms with Gasteiger partial charge in [-0.1, -0.05) is 0 Å². The van der Waals surface area contributed by atoms with Crippen LogP contribution in [0, 0.1) is 0 Å². The van der Waals surface area contributed by atoms with Crippen LogP contribution in [0.1, 0.15) is 30.2 Å². The maximum absolute atomic E-state index is 12.7. The Kier molecular flexibility index (Phi) is 4.42. The summed E-state index contributed by atoms with van der Waals surface area (Å²) in [6.45, 7) is 1.96. The molecule has 23 heavy (non-hydrogen) atoms. The summed E-state index contributed by atoms with van der Waals surface area (Å²) in [4.78, 5) is 42.2. The standard InChI is InChI=1S/C15H18N4O3S/c1-2-16-15(22)18-11(20)7-19-8-17-13-12(14(19)21)9-5-3-4-6-10(9)23-13/h8H,2-7H2,1H3,(H2,16,18,20,22). The van der Waals surface area contributed by atoms with Crippen molar-refractivity contribution < 1.29 is 9.59 Å². The smallest absolute Gasteiger partial charge is 0.321 e. The van der Waals surface area contributed by atoms with Crippen LogP contribution >= 0.6 is 11.3 Å². The van der Waals surface area contributed by atoms with E-state index >= 15 is 0 Å². The van der Waals surface area contributed by atoms with Gasteiger partial charge in [0.05, 0.1) is 11.7 Å². The second kappa shape index (κ2) is 6.49. The fourth-order valence-corrected chi connectivity index (χ4v) is 4.04. The van der Waals surface area contributed by atoms with Gasteiger partial charge < -0.3 is 5.32 Å². The monoisotopic (exact) mass is 334 g/mol. The van der Waals surface area contributed by atoms with Crippen LogP contribution in [0.15, 0.2) is 11.1 Å². The van der Waals surface area contributed by atoms with E-state index in [2.05, 4.69) is 15.6 Å². The van der Waals surface area contributed by atoms with Gasteiger partial charge in [-0.25, -0.2) is 9.78 Å². The van der Waals surface area contributed by atoms with Gasteiger partial charge in [0.1, 0.15) is 11.4 Å². The largest absolute Gasteiger partial charge is 0.338 e. The van der Waals surface area contributed by atoms with Crippen molar-refractivity contribution in [1.82, 2.24) is 20.2 Å². The third-order valence-corrected chi connectivity index (χ3v) is 5.05. The van der Waals surface area contributed by atoms with Gasteiger partial charge >= 0.3 is 6.03 Å². The molecule has 1 aliphatic rings. The first kappa shape index (κ1) is 15.7. The lowest BCUT2D eigenvalue weighted by Gasteiger charge is -2.10. The summed E-state index contributed by atoms with van der Waals surface area (Å²) in [7, 11) is 0. The van der Waals surface area contributed by atoms with Crippen LogP contribution in [0.4, 0.5) is 4.79 Å². The maximum Gasteiger partial charge on any atom is 0.321 e. The molecule has 1 aliphatic carbocycles. The topological polar surface area (TPSA) is 93.1 Å². The molecule has 8 heteroatoms. The molecule has 122 valence electrons. The van der Waals surface area contributed by atoms with Crippen molar-refractivity contribution >= 4 is 33.5 Å². The molecule has 0 atom stereocenters. The second-order valence-corrected chi connectivity index (χ2v) is 6.56. The number of nitrogens with one attached hydrogen (secondary N) is 2. The molecular weight excluding hydrogens is 316 g/mol. The molecule has 3 amide bonds. The second-order valence-electron chi connectivity index (χ2n) is 5.48. The molecule has 0 fully saturated rings. The van der Waals surface area contributed by atoms with Gasteiger partial charge in [-0.2, -0.15) is 0 Å². The molecule has 0 spiro atoms. The molecule has 0 bridgehead atoms. The molecule has 0 aliphatic heterocycles. The summed E-state index contributed by atoms with van der Waals surface area (Å²) in [6.07, 6.45) is 5.48. The fourth-order valence-electron chi connectivity index (χ4n) is 2.82. The predicted molar refractivity (Wildman–Crippen MR) is 87.7 cm³/mol. The number of amides is 3. The Labute approximate surface area is 136 Å². The number of carbonyl (C=O) groups excluding carboxylic acids is 2. The first-order valence-electron chi connectivity index (χ1n) is 7.67. The quantitative estimate of drug-likeness (QED) is 0.881. The molecule has 0 aromatic carbocycles. The van der Waals surface area contributed by atoms with Crippen molar-refractivity contribution in [2.24, 2.45) is 0 Å². The predicted octanol–water partition coefficient (Wildman–Crippen LogP) is 1.18. The van der Waals surface area contributed by atoms with E-state index in [-0.39, 0.29) is 12.1 Å². The average Bonchev–Trinajstić information content (AvgIpc) is 2.89. The fraction of sp³-hybridized carbons (Fsp3) is 0.467. The molecule has 7 nitrogen and oxygen atoms in total.